The molecule has 0 spiro atoms. The van der Waals surface area contributed by atoms with Gasteiger partial charge < -0.3 is 10.1 Å². The lowest BCUT2D eigenvalue weighted by Gasteiger charge is -2.17. The van der Waals surface area contributed by atoms with E-state index in [1.54, 1.807) is 17.5 Å². The highest BCUT2D eigenvalue weighted by atomic mass is 32.1. The topological polar surface area (TPSA) is 34.1 Å². The molecule has 102 valence electrons. The molecule has 0 saturated heterocycles. The minimum atomic E-state index is 0.299. The lowest BCUT2D eigenvalue weighted by molar-refractivity contribution is 0.299. The van der Waals surface area contributed by atoms with Crippen molar-refractivity contribution in [2.45, 2.75) is 32.9 Å². The molecule has 0 aliphatic heterocycles. The Labute approximate surface area is 118 Å². The molecule has 3 nitrogen and oxygen atoms in total. The van der Waals surface area contributed by atoms with Gasteiger partial charge in [-0.05, 0) is 26.0 Å². The van der Waals surface area contributed by atoms with Crippen molar-refractivity contribution < 1.29 is 4.74 Å². The molecule has 19 heavy (non-hydrogen) atoms. The average Bonchev–Trinajstić information content (AvgIpc) is 2.96. The van der Waals surface area contributed by atoms with Gasteiger partial charge in [-0.1, -0.05) is 25.1 Å². The van der Waals surface area contributed by atoms with Crippen LogP contribution in [0.1, 0.15) is 36.9 Å². The Hall–Kier alpha value is -1.39. The van der Waals surface area contributed by atoms with E-state index in [1.807, 2.05) is 17.5 Å². The van der Waals surface area contributed by atoms with E-state index in [0.29, 0.717) is 12.6 Å². The summed E-state index contributed by atoms with van der Waals surface area (Å²) in [5.41, 5.74) is 1.20. The Morgan fingerprint density at radius 1 is 1.37 bits per heavy atom. The van der Waals surface area contributed by atoms with E-state index < -0.39 is 0 Å². The third-order valence-electron chi connectivity index (χ3n) is 2.92. The maximum Gasteiger partial charge on any atom is 0.140 e. The van der Waals surface area contributed by atoms with Gasteiger partial charge in [0.25, 0.3) is 0 Å². The van der Waals surface area contributed by atoms with E-state index >= 15 is 0 Å². The van der Waals surface area contributed by atoms with Crippen LogP contribution in [-0.4, -0.2) is 11.5 Å². The number of benzene rings is 1. The van der Waals surface area contributed by atoms with E-state index in [9.17, 15) is 0 Å². The normalized spacial score (nSPS) is 12.3. The number of thiazole rings is 1. The van der Waals surface area contributed by atoms with Crippen molar-refractivity contribution in [1.82, 2.24) is 10.3 Å². The van der Waals surface area contributed by atoms with Gasteiger partial charge in [0.2, 0.25) is 0 Å². The highest BCUT2D eigenvalue weighted by Gasteiger charge is 2.10. The van der Waals surface area contributed by atoms with Crippen LogP contribution in [-0.2, 0) is 6.61 Å². The molecule has 1 N–H and O–H groups in total. The van der Waals surface area contributed by atoms with Crippen LogP contribution in [0.3, 0.4) is 0 Å². The number of aromatic nitrogens is 1. The molecular formula is C15H20N2OS. The molecule has 0 amide bonds. The Morgan fingerprint density at radius 3 is 2.95 bits per heavy atom. The highest BCUT2D eigenvalue weighted by Crippen LogP contribution is 2.25. The number of rotatable bonds is 7. The van der Waals surface area contributed by atoms with Gasteiger partial charge >= 0.3 is 0 Å². The van der Waals surface area contributed by atoms with Gasteiger partial charge in [-0.15, -0.1) is 11.3 Å². The predicted octanol–water partition coefficient (Wildman–Crippen LogP) is 3.78. The zero-order valence-corrected chi connectivity index (χ0v) is 12.2. The van der Waals surface area contributed by atoms with Crippen LogP contribution in [0.25, 0.3) is 0 Å². The van der Waals surface area contributed by atoms with Gasteiger partial charge in [-0.2, -0.15) is 0 Å². The average molecular weight is 276 g/mol. The van der Waals surface area contributed by atoms with Crippen LogP contribution < -0.4 is 10.1 Å². The number of nitrogens with one attached hydrogen (secondary N) is 1. The zero-order valence-electron chi connectivity index (χ0n) is 11.4. The minimum absolute atomic E-state index is 0.299. The van der Waals surface area contributed by atoms with Gasteiger partial charge in [-0.25, -0.2) is 4.98 Å². The third kappa shape index (κ3) is 4.04. The Balaban J connectivity index is 2.03. The fraction of sp³-hybridized carbons (Fsp3) is 0.400. The molecule has 1 unspecified atom stereocenters. The summed E-state index contributed by atoms with van der Waals surface area (Å²) in [6, 6.07) is 8.49. The molecule has 0 aliphatic rings. The third-order valence-corrected chi connectivity index (χ3v) is 3.67. The number of nitrogens with zero attached hydrogens (tertiary/aromatic N) is 1. The summed E-state index contributed by atoms with van der Waals surface area (Å²) in [5, 5.41) is 6.46. The standard InChI is InChI=1S/C15H20N2OS/c1-3-8-16-12(2)13-6-4-5-7-14(13)18-11-15-17-9-10-19-15/h4-7,9-10,12,16H,3,8,11H2,1-2H3. The molecule has 0 aliphatic carbocycles. The molecule has 0 saturated carbocycles. The van der Waals surface area contributed by atoms with Crippen LogP contribution in [0.5, 0.6) is 5.75 Å². The summed E-state index contributed by atoms with van der Waals surface area (Å²) in [6.45, 7) is 5.89. The van der Waals surface area contributed by atoms with Crippen LogP contribution in [0.15, 0.2) is 35.8 Å². The van der Waals surface area contributed by atoms with Crippen LogP contribution in [0.4, 0.5) is 0 Å². The molecule has 2 aromatic rings. The van der Waals surface area contributed by atoms with E-state index in [4.69, 9.17) is 4.74 Å². The van der Waals surface area contributed by atoms with Crippen LogP contribution >= 0.6 is 11.3 Å². The van der Waals surface area contributed by atoms with Gasteiger partial charge in [-0.3, -0.25) is 0 Å². The Morgan fingerprint density at radius 2 is 2.21 bits per heavy atom. The number of hydrogen-bond donors (Lipinski definition) is 1. The summed E-state index contributed by atoms with van der Waals surface area (Å²) in [5.74, 6) is 0.939. The summed E-state index contributed by atoms with van der Waals surface area (Å²) in [4.78, 5) is 4.23. The van der Waals surface area contributed by atoms with Gasteiger partial charge in [0, 0.05) is 23.2 Å². The monoisotopic (exact) mass is 276 g/mol. The SMILES string of the molecule is CCCNC(C)c1ccccc1OCc1nccs1. The fourth-order valence-corrected chi connectivity index (χ4v) is 2.43. The lowest BCUT2D eigenvalue weighted by atomic mass is 10.1. The first-order valence-corrected chi connectivity index (χ1v) is 7.52. The van der Waals surface area contributed by atoms with Crippen molar-refractivity contribution in [2.24, 2.45) is 0 Å². The molecule has 0 radical (unpaired) electrons. The van der Waals surface area contributed by atoms with Crippen LogP contribution in [0, 0.1) is 0 Å². The smallest absolute Gasteiger partial charge is 0.140 e. The van der Waals surface area contributed by atoms with Gasteiger partial charge in [0.15, 0.2) is 0 Å². The number of hydrogen-bond acceptors (Lipinski definition) is 4. The summed E-state index contributed by atoms with van der Waals surface area (Å²) < 4.78 is 5.89. The quantitative estimate of drug-likeness (QED) is 0.835. The lowest BCUT2D eigenvalue weighted by Crippen LogP contribution is -2.19. The van der Waals surface area contributed by atoms with E-state index in [2.05, 4.69) is 36.3 Å². The molecule has 1 aromatic heterocycles. The molecular weight excluding hydrogens is 256 g/mol. The second-order valence-electron chi connectivity index (χ2n) is 4.43. The first-order valence-electron chi connectivity index (χ1n) is 6.64. The van der Waals surface area contributed by atoms with Crippen molar-refractivity contribution in [3.63, 3.8) is 0 Å². The second-order valence-corrected chi connectivity index (χ2v) is 5.41. The maximum atomic E-state index is 5.89. The molecule has 0 fully saturated rings. The van der Waals surface area contributed by atoms with Gasteiger partial charge in [0.05, 0.1) is 0 Å². The molecule has 1 aromatic carbocycles. The predicted molar refractivity (Wildman–Crippen MR) is 79.6 cm³/mol. The largest absolute Gasteiger partial charge is 0.486 e. The summed E-state index contributed by atoms with van der Waals surface area (Å²) >= 11 is 1.62. The maximum absolute atomic E-state index is 5.89. The second kappa shape index (κ2) is 7.26. The fourth-order valence-electron chi connectivity index (χ4n) is 1.90. The van der Waals surface area contributed by atoms with Gasteiger partial charge in [0.1, 0.15) is 17.4 Å². The number of para-hydroxylation sites is 1. The zero-order chi connectivity index (χ0) is 13.5. The van der Waals surface area contributed by atoms with Crippen LogP contribution in [0.2, 0.25) is 0 Å². The highest BCUT2D eigenvalue weighted by molar-refractivity contribution is 7.09. The first kappa shape index (κ1) is 14.0. The van der Waals surface area contributed by atoms with Crippen molar-refractivity contribution >= 4 is 11.3 Å². The van der Waals surface area contributed by atoms with E-state index in [1.165, 1.54) is 5.56 Å². The van der Waals surface area contributed by atoms with Crippen molar-refractivity contribution in [3.8, 4) is 5.75 Å². The molecule has 2 rings (SSSR count). The van der Waals surface area contributed by atoms with E-state index in [-0.39, 0.29) is 0 Å². The van der Waals surface area contributed by atoms with Crippen molar-refractivity contribution in [3.05, 3.63) is 46.4 Å². The minimum Gasteiger partial charge on any atom is -0.486 e. The molecule has 1 heterocycles. The van der Waals surface area contributed by atoms with E-state index in [0.717, 1.165) is 23.7 Å². The Kier molecular flexibility index (Phi) is 5.36. The first-order chi connectivity index (χ1) is 9.31. The molecule has 1 atom stereocenters. The van der Waals surface area contributed by atoms with Crippen molar-refractivity contribution in [2.75, 3.05) is 6.54 Å². The van der Waals surface area contributed by atoms with Crippen molar-refractivity contribution in [1.29, 1.82) is 0 Å². The number of ether oxygens (including phenoxy) is 1. The Bertz CT molecular complexity index is 485. The summed E-state index contributed by atoms with van der Waals surface area (Å²) in [6.07, 6.45) is 2.94. The summed E-state index contributed by atoms with van der Waals surface area (Å²) in [7, 11) is 0. The molecule has 0 bridgehead atoms. The molecule has 4 heteroatoms.